The second-order valence-electron chi connectivity index (χ2n) is 4.74. The number of alkyl halides is 3. The molecular weight excluding hydrogens is 357 g/mol. The Morgan fingerprint density at radius 1 is 1.04 bits per heavy atom. The van der Waals surface area contributed by atoms with Crippen molar-refractivity contribution in [3.8, 4) is 0 Å². The maximum atomic E-state index is 12.2. The van der Waals surface area contributed by atoms with Gasteiger partial charge in [-0.1, -0.05) is 36.0 Å². The van der Waals surface area contributed by atoms with Crippen LogP contribution in [0, 0.1) is 0 Å². The molecule has 0 fully saturated rings. The Labute approximate surface area is 149 Å². The van der Waals surface area contributed by atoms with Crippen molar-refractivity contribution in [1.29, 1.82) is 0 Å². The molecule has 0 aromatic heterocycles. The number of carbonyl (C=O) groups excluding carboxylic acids is 1. The van der Waals surface area contributed by atoms with Crippen LogP contribution in [0.5, 0.6) is 0 Å². The molecule has 0 bridgehead atoms. The number of hydrogen-bond donors (Lipinski definition) is 0. The number of hydrogen-bond acceptors (Lipinski definition) is 4. The molecule has 2 aromatic rings. The van der Waals surface area contributed by atoms with Crippen LogP contribution >= 0.6 is 23.5 Å². The summed E-state index contributed by atoms with van der Waals surface area (Å²) in [6.45, 7) is 0. The second kappa shape index (κ2) is 8.48. The zero-order valence-corrected chi connectivity index (χ0v) is 14.2. The molecule has 2 aromatic carbocycles. The van der Waals surface area contributed by atoms with E-state index in [0.29, 0.717) is 23.1 Å². The van der Waals surface area contributed by atoms with Crippen LogP contribution in [0.15, 0.2) is 58.3 Å². The molecule has 0 aliphatic carbocycles. The van der Waals surface area contributed by atoms with Gasteiger partial charge < -0.3 is 4.74 Å². The molecule has 24 heavy (non-hydrogen) atoms. The highest BCUT2D eigenvalue weighted by Crippen LogP contribution is 2.23. The Morgan fingerprint density at radius 2 is 1.54 bits per heavy atom. The largest absolute Gasteiger partial charge is 0.490 e. The van der Waals surface area contributed by atoms with E-state index in [1.54, 1.807) is 36.0 Å². The fraction of sp³-hybridized carbons (Fsp3) is 0.235. The number of thioether (sulfide) groups is 2. The predicted molar refractivity (Wildman–Crippen MR) is 90.3 cm³/mol. The van der Waals surface area contributed by atoms with Crippen molar-refractivity contribution in [3.63, 3.8) is 0 Å². The topological polar surface area (TPSA) is 26.3 Å². The lowest BCUT2D eigenvalue weighted by Crippen LogP contribution is -2.25. The lowest BCUT2D eigenvalue weighted by atomic mass is 10.1. The summed E-state index contributed by atoms with van der Waals surface area (Å²) in [6, 6.07) is 14.7. The maximum absolute atomic E-state index is 12.2. The summed E-state index contributed by atoms with van der Waals surface area (Å²) in [5.74, 6) is -5.37. The summed E-state index contributed by atoms with van der Waals surface area (Å²) in [5, 5.41) is 0. The molecule has 0 radical (unpaired) electrons. The van der Waals surface area contributed by atoms with Crippen LogP contribution in [0.3, 0.4) is 0 Å². The van der Waals surface area contributed by atoms with Gasteiger partial charge in [-0.15, -0.1) is 11.8 Å². The average molecular weight is 374 g/mol. The summed E-state index contributed by atoms with van der Waals surface area (Å²) >= 11 is 2.05. The molecule has 0 N–H and O–H groups in total. The third-order valence-electron chi connectivity index (χ3n) is 3.02. The molecule has 0 unspecified atom stereocenters. The van der Waals surface area contributed by atoms with Crippen LogP contribution in [-0.4, -0.2) is 24.3 Å². The quantitative estimate of drug-likeness (QED) is 0.397. The highest BCUT2D eigenvalue weighted by molar-refractivity contribution is 7.99. The first-order chi connectivity index (χ1) is 12.1. The molecule has 7 heteroatoms. The van der Waals surface area contributed by atoms with Crippen LogP contribution in [-0.2, 0) is 16.0 Å². The number of halogens is 3. The van der Waals surface area contributed by atoms with E-state index in [-0.39, 0.29) is 0 Å². The van der Waals surface area contributed by atoms with Gasteiger partial charge in [0.15, 0.2) is 0 Å². The van der Waals surface area contributed by atoms with E-state index >= 15 is 0 Å². The molecule has 0 amide bonds. The Kier molecular flexibility index (Phi) is 5.62. The van der Waals surface area contributed by atoms with Crippen LogP contribution in [0.4, 0.5) is 13.2 Å². The Morgan fingerprint density at radius 3 is 2.00 bits per heavy atom. The molecule has 0 aliphatic rings. The molecule has 128 valence electrons. The molecule has 0 aliphatic heterocycles. The number of rotatable bonds is 6. The van der Waals surface area contributed by atoms with Crippen molar-refractivity contribution in [3.05, 3.63) is 59.7 Å². The predicted octanol–water partition coefficient (Wildman–Crippen LogP) is 5.15. The Hall–Kier alpha value is -1.60. The minimum atomic E-state index is -5.23. The van der Waals surface area contributed by atoms with Gasteiger partial charge in [0.1, 0.15) is 5.89 Å². The number of ether oxygens (including phenoxy) is 1. The average Bonchev–Trinajstić information content (AvgIpc) is 2.56. The van der Waals surface area contributed by atoms with Gasteiger partial charge in [0.05, 0.1) is 2.74 Å². The van der Waals surface area contributed by atoms with Crippen molar-refractivity contribution in [2.45, 2.75) is 22.4 Å². The van der Waals surface area contributed by atoms with Gasteiger partial charge in [-0.3, -0.25) is 0 Å². The van der Waals surface area contributed by atoms with Gasteiger partial charge in [0, 0.05) is 9.79 Å². The first kappa shape index (κ1) is 15.9. The smallest absolute Gasteiger partial charge is 0.448 e. The normalized spacial score (nSPS) is 13.2. The van der Waals surface area contributed by atoms with Gasteiger partial charge in [0.2, 0.25) is 0 Å². The van der Waals surface area contributed by atoms with E-state index in [9.17, 15) is 18.0 Å². The first-order valence-corrected chi connectivity index (χ1v) is 8.84. The molecular formula is C17H15F3O2S2. The van der Waals surface area contributed by atoms with E-state index in [4.69, 9.17) is 2.74 Å². The molecule has 2 rings (SSSR count). The SMILES string of the molecule is [2H]C([2H])(OC(=O)C(F)(F)F)Sc1ccc(Cc2ccc(SC)cc2)cc1. The second-order valence-corrected chi connectivity index (χ2v) is 6.46. The van der Waals surface area contributed by atoms with Crippen molar-refractivity contribution >= 4 is 29.5 Å². The molecule has 0 spiro atoms. The highest BCUT2D eigenvalue weighted by atomic mass is 32.2. The Bertz CT molecular complexity index is 748. The standard InChI is InChI=1S/C17H15F3O2S2/c1-23-14-6-2-12(3-7-14)10-13-4-8-15(9-5-13)24-11-22-16(21)17(18,19)20/h2-9H,10-11H2,1H3/i11D2. The van der Waals surface area contributed by atoms with E-state index in [1.807, 2.05) is 30.5 Å². The van der Waals surface area contributed by atoms with Gasteiger partial charge >= 0.3 is 12.1 Å². The van der Waals surface area contributed by atoms with E-state index < -0.39 is 18.0 Å². The Balaban J connectivity index is 1.98. The molecule has 0 heterocycles. The lowest BCUT2D eigenvalue weighted by Gasteiger charge is -2.08. The van der Waals surface area contributed by atoms with Gasteiger partial charge in [0.25, 0.3) is 0 Å². The summed E-state index contributed by atoms with van der Waals surface area (Å²) in [7, 11) is 0. The van der Waals surface area contributed by atoms with Crippen molar-refractivity contribution in [2.75, 3.05) is 12.1 Å². The minimum absolute atomic E-state index is 0.353. The molecule has 0 atom stereocenters. The van der Waals surface area contributed by atoms with Crippen LogP contribution in [0.2, 0.25) is 0 Å². The van der Waals surface area contributed by atoms with Gasteiger partial charge in [-0.05, 0) is 48.1 Å². The van der Waals surface area contributed by atoms with Crippen molar-refractivity contribution in [2.24, 2.45) is 0 Å². The molecule has 0 saturated heterocycles. The van der Waals surface area contributed by atoms with E-state index in [1.165, 1.54) is 0 Å². The first-order valence-electron chi connectivity index (χ1n) is 7.80. The van der Waals surface area contributed by atoms with Crippen LogP contribution < -0.4 is 0 Å². The number of carbonyl (C=O) groups is 1. The third kappa shape index (κ3) is 5.79. The summed E-state index contributed by atoms with van der Waals surface area (Å²) in [4.78, 5) is 12.3. The fourth-order valence-electron chi connectivity index (χ4n) is 1.82. The van der Waals surface area contributed by atoms with Crippen LogP contribution in [0.25, 0.3) is 0 Å². The summed E-state index contributed by atoms with van der Waals surface area (Å²) in [5.41, 5.74) is 2.08. The van der Waals surface area contributed by atoms with Gasteiger partial charge in [-0.25, -0.2) is 4.79 Å². The number of benzene rings is 2. The number of esters is 1. The zero-order valence-electron chi connectivity index (χ0n) is 14.6. The van der Waals surface area contributed by atoms with Crippen LogP contribution in [0.1, 0.15) is 13.9 Å². The molecule has 0 saturated carbocycles. The van der Waals surface area contributed by atoms with E-state index in [0.717, 1.165) is 16.0 Å². The minimum Gasteiger partial charge on any atom is -0.448 e. The molecule has 2 nitrogen and oxygen atoms in total. The van der Waals surface area contributed by atoms with E-state index in [2.05, 4.69) is 4.74 Å². The summed E-state index contributed by atoms with van der Waals surface area (Å²) in [6.07, 6.45) is -2.56. The maximum Gasteiger partial charge on any atom is 0.490 e. The van der Waals surface area contributed by atoms with Gasteiger partial charge in [-0.2, -0.15) is 13.2 Å². The lowest BCUT2D eigenvalue weighted by molar-refractivity contribution is -0.197. The summed E-state index contributed by atoms with van der Waals surface area (Å²) < 4.78 is 55.3. The third-order valence-corrected chi connectivity index (χ3v) is 4.43. The monoisotopic (exact) mass is 374 g/mol. The fourth-order valence-corrected chi connectivity index (χ4v) is 2.71. The van der Waals surface area contributed by atoms with Crippen molar-refractivity contribution < 1.29 is 25.4 Å². The van der Waals surface area contributed by atoms with Crippen molar-refractivity contribution in [1.82, 2.24) is 0 Å². The highest BCUT2D eigenvalue weighted by Gasteiger charge is 2.40. The zero-order chi connectivity index (χ0) is 19.4.